The van der Waals surface area contributed by atoms with Gasteiger partial charge in [-0.3, -0.25) is 9.67 Å². The third kappa shape index (κ3) is 4.22. The molecule has 1 N–H and O–H groups in total. The molecule has 0 saturated carbocycles. The van der Waals surface area contributed by atoms with E-state index in [9.17, 15) is 18.3 Å². The summed E-state index contributed by atoms with van der Waals surface area (Å²) in [5, 5.41) is 24.0. The van der Waals surface area contributed by atoms with Gasteiger partial charge in [0.25, 0.3) is 0 Å². The number of phenols is 1. The molecule has 0 unspecified atom stereocenters. The summed E-state index contributed by atoms with van der Waals surface area (Å²) in [5.74, 6) is 0.0429. The van der Waals surface area contributed by atoms with Gasteiger partial charge in [-0.1, -0.05) is 13.3 Å². The summed E-state index contributed by atoms with van der Waals surface area (Å²) in [6.07, 6.45) is -0.0678. The van der Waals surface area contributed by atoms with Crippen LogP contribution >= 0.6 is 0 Å². The molecule has 3 aromatic rings. The molecule has 0 spiro atoms. The maximum atomic E-state index is 13.2. The Labute approximate surface area is 171 Å². The summed E-state index contributed by atoms with van der Waals surface area (Å²) in [6.45, 7) is 2.40. The number of hydrogen-bond acceptors (Lipinski definition) is 5. The van der Waals surface area contributed by atoms with Crippen LogP contribution in [0.3, 0.4) is 0 Å². The van der Waals surface area contributed by atoms with Crippen LogP contribution in [0, 0.1) is 11.3 Å². The van der Waals surface area contributed by atoms with Crippen LogP contribution in [0.4, 0.5) is 13.2 Å². The topological polar surface area (TPSA) is 84.0 Å². The molecule has 0 fully saturated rings. The van der Waals surface area contributed by atoms with Gasteiger partial charge in [0, 0.05) is 30.6 Å². The number of rotatable bonds is 6. The third-order valence-electron chi connectivity index (χ3n) is 4.50. The SMILES string of the molecule is CCCCOc1ccc(-c2cc(C(F)(F)F)n(C)n2)c(O)c1-c1cncc(C#N)c1. The van der Waals surface area contributed by atoms with Crippen LogP contribution < -0.4 is 4.74 Å². The number of aromatic nitrogens is 3. The number of nitrogens with zero attached hydrogens (tertiary/aromatic N) is 4. The van der Waals surface area contributed by atoms with Gasteiger partial charge in [0.05, 0.1) is 23.4 Å². The fourth-order valence-electron chi connectivity index (χ4n) is 3.01. The van der Waals surface area contributed by atoms with E-state index >= 15 is 0 Å². The van der Waals surface area contributed by atoms with Gasteiger partial charge >= 0.3 is 6.18 Å². The zero-order valence-electron chi connectivity index (χ0n) is 16.4. The number of unbranched alkanes of at least 4 members (excludes halogenated alkanes) is 1. The van der Waals surface area contributed by atoms with Crippen molar-refractivity contribution in [3.8, 4) is 40.0 Å². The second-order valence-electron chi connectivity index (χ2n) is 6.65. The average Bonchev–Trinajstić information content (AvgIpc) is 3.10. The number of aryl methyl sites for hydroxylation is 1. The van der Waals surface area contributed by atoms with Crippen molar-refractivity contribution in [1.82, 2.24) is 14.8 Å². The van der Waals surface area contributed by atoms with E-state index in [1.54, 1.807) is 6.07 Å². The molecule has 30 heavy (non-hydrogen) atoms. The van der Waals surface area contributed by atoms with Gasteiger partial charge in [-0.2, -0.15) is 23.5 Å². The monoisotopic (exact) mass is 416 g/mol. The minimum Gasteiger partial charge on any atom is -0.506 e. The van der Waals surface area contributed by atoms with Crippen molar-refractivity contribution < 1.29 is 23.0 Å². The van der Waals surface area contributed by atoms with Crippen molar-refractivity contribution >= 4 is 0 Å². The lowest BCUT2D eigenvalue weighted by Crippen LogP contribution is -2.11. The van der Waals surface area contributed by atoms with Gasteiger partial charge in [-0.25, -0.2) is 0 Å². The van der Waals surface area contributed by atoms with Crippen molar-refractivity contribution in [3.05, 3.63) is 47.9 Å². The number of pyridine rings is 1. The normalized spacial score (nSPS) is 11.3. The average molecular weight is 416 g/mol. The number of nitriles is 1. The summed E-state index contributed by atoms with van der Waals surface area (Å²) < 4.78 is 46.0. The second kappa shape index (κ2) is 8.45. The Morgan fingerprint density at radius 2 is 2.00 bits per heavy atom. The molecule has 6 nitrogen and oxygen atoms in total. The first kappa shape index (κ1) is 21.2. The predicted octanol–water partition coefficient (Wildman–Crippen LogP) is 4.92. The van der Waals surface area contributed by atoms with Crippen LogP contribution in [-0.2, 0) is 13.2 Å². The molecule has 0 bridgehead atoms. The van der Waals surface area contributed by atoms with Crippen LogP contribution in [0.1, 0.15) is 31.0 Å². The van der Waals surface area contributed by atoms with E-state index in [2.05, 4.69) is 10.1 Å². The third-order valence-corrected chi connectivity index (χ3v) is 4.50. The van der Waals surface area contributed by atoms with Gasteiger partial charge in [-0.15, -0.1) is 0 Å². The highest BCUT2D eigenvalue weighted by Crippen LogP contribution is 2.44. The Bertz CT molecular complexity index is 1100. The molecule has 9 heteroatoms. The summed E-state index contributed by atoms with van der Waals surface area (Å²) in [4.78, 5) is 4.01. The molecular formula is C21H19F3N4O2. The van der Waals surface area contributed by atoms with Crippen molar-refractivity contribution in [3.63, 3.8) is 0 Å². The van der Waals surface area contributed by atoms with E-state index in [1.165, 1.54) is 31.6 Å². The zero-order valence-corrected chi connectivity index (χ0v) is 16.4. The zero-order chi connectivity index (χ0) is 21.9. The van der Waals surface area contributed by atoms with E-state index in [0.29, 0.717) is 17.9 Å². The van der Waals surface area contributed by atoms with Crippen LogP contribution in [0.5, 0.6) is 11.5 Å². The molecule has 2 heterocycles. The molecule has 0 aliphatic carbocycles. The largest absolute Gasteiger partial charge is 0.506 e. The highest BCUT2D eigenvalue weighted by molar-refractivity contribution is 5.85. The molecule has 0 amide bonds. The Kier molecular flexibility index (Phi) is 5.96. The van der Waals surface area contributed by atoms with Crippen molar-refractivity contribution in [2.75, 3.05) is 6.61 Å². The summed E-state index contributed by atoms with van der Waals surface area (Å²) in [5.41, 5.74) is 0.0672. The standard InChI is InChI=1S/C21H19F3N4O2/c1-3-4-7-30-17-6-5-15(16-9-18(21(22,23)24)28(2)27-16)20(29)19(17)14-8-13(10-25)11-26-12-14/h5-6,8-9,11-12,29H,3-4,7H2,1-2H3. The first-order valence-corrected chi connectivity index (χ1v) is 9.22. The minimum atomic E-state index is -4.58. The van der Waals surface area contributed by atoms with Crippen LogP contribution in [0.25, 0.3) is 22.4 Å². The van der Waals surface area contributed by atoms with Crippen molar-refractivity contribution in [2.45, 2.75) is 25.9 Å². The minimum absolute atomic E-state index is 0.0342. The molecule has 0 aliphatic heterocycles. The Balaban J connectivity index is 2.17. The van der Waals surface area contributed by atoms with E-state index < -0.39 is 11.9 Å². The quantitative estimate of drug-likeness (QED) is 0.577. The van der Waals surface area contributed by atoms with Gasteiger partial charge in [0.1, 0.15) is 23.3 Å². The smallest absolute Gasteiger partial charge is 0.433 e. The molecule has 156 valence electrons. The van der Waals surface area contributed by atoms with Gasteiger partial charge < -0.3 is 9.84 Å². The van der Waals surface area contributed by atoms with E-state index in [-0.39, 0.29) is 28.1 Å². The summed E-state index contributed by atoms with van der Waals surface area (Å²) in [6, 6.07) is 7.41. The van der Waals surface area contributed by atoms with E-state index in [1.807, 2.05) is 13.0 Å². The molecule has 2 aromatic heterocycles. The Morgan fingerprint density at radius 3 is 2.63 bits per heavy atom. The maximum absolute atomic E-state index is 13.2. The summed E-state index contributed by atoms with van der Waals surface area (Å²) >= 11 is 0. The number of alkyl halides is 3. The van der Waals surface area contributed by atoms with Gasteiger partial charge in [0.2, 0.25) is 0 Å². The van der Waals surface area contributed by atoms with Gasteiger partial charge in [0.15, 0.2) is 0 Å². The van der Waals surface area contributed by atoms with Crippen LogP contribution in [-0.4, -0.2) is 26.5 Å². The lowest BCUT2D eigenvalue weighted by molar-refractivity contribution is -0.143. The highest BCUT2D eigenvalue weighted by atomic mass is 19.4. The molecule has 0 atom stereocenters. The first-order valence-electron chi connectivity index (χ1n) is 9.22. The van der Waals surface area contributed by atoms with E-state index in [0.717, 1.165) is 23.6 Å². The number of hydrogen-bond donors (Lipinski definition) is 1. The molecule has 3 rings (SSSR count). The number of phenolic OH excluding ortho intramolecular Hbond substituents is 1. The van der Waals surface area contributed by atoms with Crippen LogP contribution in [0.15, 0.2) is 36.7 Å². The van der Waals surface area contributed by atoms with Crippen molar-refractivity contribution in [1.29, 1.82) is 5.26 Å². The van der Waals surface area contributed by atoms with Gasteiger partial charge in [-0.05, 0) is 30.7 Å². The molecule has 1 aromatic carbocycles. The second-order valence-corrected chi connectivity index (χ2v) is 6.65. The lowest BCUT2D eigenvalue weighted by Gasteiger charge is -2.15. The Morgan fingerprint density at radius 1 is 1.23 bits per heavy atom. The molecule has 0 saturated heterocycles. The Hall–Kier alpha value is -3.54. The molecular weight excluding hydrogens is 397 g/mol. The summed E-state index contributed by atoms with van der Waals surface area (Å²) in [7, 11) is 1.19. The lowest BCUT2D eigenvalue weighted by atomic mass is 9.99. The number of halogens is 3. The fraction of sp³-hybridized carbons (Fsp3) is 0.286. The molecule has 0 aliphatic rings. The molecule has 0 radical (unpaired) electrons. The maximum Gasteiger partial charge on any atom is 0.433 e. The number of aromatic hydroxyl groups is 1. The fourth-order valence-corrected chi connectivity index (χ4v) is 3.01. The number of ether oxygens (including phenoxy) is 1. The van der Waals surface area contributed by atoms with E-state index in [4.69, 9.17) is 10.00 Å². The predicted molar refractivity (Wildman–Crippen MR) is 104 cm³/mol. The highest BCUT2D eigenvalue weighted by Gasteiger charge is 2.35. The first-order chi connectivity index (χ1) is 14.3. The van der Waals surface area contributed by atoms with Crippen molar-refractivity contribution in [2.24, 2.45) is 7.05 Å². The number of benzene rings is 1. The van der Waals surface area contributed by atoms with Crippen LogP contribution in [0.2, 0.25) is 0 Å².